The van der Waals surface area contributed by atoms with Gasteiger partial charge in [-0.1, -0.05) is 221 Å². The highest BCUT2D eigenvalue weighted by Gasteiger charge is 2.19. The SMILES string of the molecule is CC\C=C/C=C\C=C/C=C\C=C/CCCC(=O)OC(COC(=O)CCC/C=C\C/C=C\C/C=C\CC)COC(=O)CCCCCCCCCCCCCCCCCCC. The van der Waals surface area contributed by atoms with Gasteiger partial charge in [-0.25, -0.2) is 0 Å². The van der Waals surface area contributed by atoms with E-state index in [1.807, 2.05) is 54.7 Å². The molecular formula is C53H86O6. The molecule has 0 radical (unpaired) electrons. The van der Waals surface area contributed by atoms with E-state index in [-0.39, 0.29) is 38.0 Å². The number of hydrogen-bond donors (Lipinski definition) is 0. The van der Waals surface area contributed by atoms with Crippen molar-refractivity contribution >= 4 is 17.9 Å². The van der Waals surface area contributed by atoms with Crippen LogP contribution in [0.3, 0.4) is 0 Å². The Labute approximate surface area is 362 Å². The molecule has 1 atom stereocenters. The largest absolute Gasteiger partial charge is 0.462 e. The highest BCUT2D eigenvalue weighted by Crippen LogP contribution is 2.15. The van der Waals surface area contributed by atoms with Crippen LogP contribution in [0.5, 0.6) is 0 Å². The fourth-order valence-corrected chi connectivity index (χ4v) is 6.20. The Morgan fingerprint density at radius 1 is 0.373 bits per heavy atom. The van der Waals surface area contributed by atoms with Gasteiger partial charge in [0.2, 0.25) is 0 Å². The van der Waals surface area contributed by atoms with Gasteiger partial charge in [-0.3, -0.25) is 14.4 Å². The number of hydrogen-bond acceptors (Lipinski definition) is 6. The normalized spacial score (nSPS) is 12.9. The summed E-state index contributed by atoms with van der Waals surface area (Å²) in [6.45, 7) is 6.25. The van der Waals surface area contributed by atoms with E-state index in [9.17, 15) is 14.4 Å². The van der Waals surface area contributed by atoms with Gasteiger partial charge in [0.05, 0.1) is 0 Å². The van der Waals surface area contributed by atoms with E-state index in [1.54, 1.807) is 0 Å². The van der Waals surface area contributed by atoms with Gasteiger partial charge in [-0.15, -0.1) is 0 Å². The van der Waals surface area contributed by atoms with Gasteiger partial charge >= 0.3 is 17.9 Å². The summed E-state index contributed by atoms with van der Waals surface area (Å²) < 4.78 is 16.6. The second-order valence-corrected chi connectivity index (χ2v) is 15.4. The molecule has 59 heavy (non-hydrogen) atoms. The van der Waals surface area contributed by atoms with Crippen molar-refractivity contribution in [2.45, 2.75) is 207 Å². The number of carbonyl (C=O) groups is 3. The number of rotatable bonds is 41. The van der Waals surface area contributed by atoms with Crippen molar-refractivity contribution < 1.29 is 28.6 Å². The van der Waals surface area contributed by atoms with Crippen LogP contribution in [0, 0.1) is 0 Å². The standard InChI is InChI=1S/C53H86O6/c1-4-7-10-13-16-19-22-24-25-26-27-29-31-34-37-40-43-46-52(55)58-49-50(48-57-51(54)45-42-39-36-33-30-21-18-15-12-9-6-3)59-53(56)47-44-41-38-35-32-28-23-20-17-14-11-8-5-2/h8-9,11-12,14,17-18,20-21,23,28,32-33,35-36,38,50H,4-7,10,13,15-16,19,22,24-27,29-31,34,37,39-49H2,1-3H3/b11-8-,12-9-,17-14-,21-18-,23-20-,32-28-,36-33-,38-35-. The molecule has 0 saturated carbocycles. The van der Waals surface area contributed by atoms with Crippen LogP contribution in [0.15, 0.2) is 97.2 Å². The number of allylic oxidation sites excluding steroid dienone is 16. The zero-order chi connectivity index (χ0) is 43.0. The summed E-state index contributed by atoms with van der Waals surface area (Å²) in [5, 5.41) is 0. The Bertz CT molecular complexity index is 1220. The summed E-state index contributed by atoms with van der Waals surface area (Å²) in [5.74, 6) is -1.06. The van der Waals surface area contributed by atoms with Gasteiger partial charge in [0.15, 0.2) is 6.10 Å². The minimum absolute atomic E-state index is 0.121. The van der Waals surface area contributed by atoms with E-state index in [0.717, 1.165) is 57.8 Å². The Hall–Kier alpha value is -3.67. The number of ether oxygens (including phenoxy) is 3. The lowest BCUT2D eigenvalue weighted by Gasteiger charge is -2.18. The molecule has 6 nitrogen and oxygen atoms in total. The molecule has 0 aliphatic heterocycles. The molecule has 0 aromatic carbocycles. The molecular weight excluding hydrogens is 733 g/mol. The first-order valence-electron chi connectivity index (χ1n) is 23.8. The van der Waals surface area contributed by atoms with Gasteiger partial charge in [0.25, 0.3) is 0 Å². The molecule has 0 spiro atoms. The molecule has 0 aromatic rings. The lowest BCUT2D eigenvalue weighted by molar-refractivity contribution is -0.167. The number of unbranched alkanes of at least 4 members (excludes halogenated alkanes) is 18. The Balaban J connectivity index is 4.49. The first kappa shape index (κ1) is 55.3. The van der Waals surface area contributed by atoms with Gasteiger partial charge < -0.3 is 14.2 Å². The van der Waals surface area contributed by atoms with Crippen LogP contribution in [0.4, 0.5) is 0 Å². The topological polar surface area (TPSA) is 78.9 Å². The average Bonchev–Trinajstić information content (AvgIpc) is 3.23. The second kappa shape index (κ2) is 47.0. The minimum Gasteiger partial charge on any atom is -0.462 e. The first-order valence-corrected chi connectivity index (χ1v) is 23.8. The smallest absolute Gasteiger partial charge is 0.306 e. The predicted octanol–water partition coefficient (Wildman–Crippen LogP) is 15.4. The average molecular weight is 819 g/mol. The first-order chi connectivity index (χ1) is 29.0. The predicted molar refractivity (Wildman–Crippen MR) is 251 cm³/mol. The molecule has 0 aliphatic carbocycles. The highest BCUT2D eigenvalue weighted by atomic mass is 16.6. The van der Waals surface area contributed by atoms with Gasteiger partial charge in [-0.05, 0) is 57.8 Å². The van der Waals surface area contributed by atoms with E-state index < -0.39 is 12.1 Å². The van der Waals surface area contributed by atoms with Crippen molar-refractivity contribution in [3.63, 3.8) is 0 Å². The Kier molecular flexibility index (Phi) is 44.1. The molecule has 0 fully saturated rings. The van der Waals surface area contributed by atoms with Crippen molar-refractivity contribution in [1.29, 1.82) is 0 Å². The lowest BCUT2D eigenvalue weighted by Crippen LogP contribution is -2.30. The Morgan fingerprint density at radius 3 is 1.24 bits per heavy atom. The summed E-state index contributed by atoms with van der Waals surface area (Å²) >= 11 is 0. The molecule has 0 amide bonds. The third kappa shape index (κ3) is 45.3. The summed E-state index contributed by atoms with van der Waals surface area (Å²) in [6, 6.07) is 0. The third-order valence-electron chi connectivity index (χ3n) is 9.71. The van der Waals surface area contributed by atoms with Crippen LogP contribution in [0.2, 0.25) is 0 Å². The highest BCUT2D eigenvalue weighted by molar-refractivity contribution is 5.71. The molecule has 0 saturated heterocycles. The molecule has 0 aliphatic rings. The fourth-order valence-electron chi connectivity index (χ4n) is 6.20. The maximum Gasteiger partial charge on any atom is 0.306 e. The van der Waals surface area contributed by atoms with Crippen LogP contribution < -0.4 is 0 Å². The number of carbonyl (C=O) groups excluding carboxylic acids is 3. The van der Waals surface area contributed by atoms with E-state index in [4.69, 9.17) is 14.2 Å². The maximum atomic E-state index is 12.7. The lowest BCUT2D eigenvalue weighted by atomic mass is 10.0. The zero-order valence-electron chi connectivity index (χ0n) is 38.0. The van der Waals surface area contributed by atoms with Crippen LogP contribution >= 0.6 is 0 Å². The van der Waals surface area contributed by atoms with Crippen molar-refractivity contribution in [2.24, 2.45) is 0 Å². The van der Waals surface area contributed by atoms with E-state index >= 15 is 0 Å². The van der Waals surface area contributed by atoms with Gasteiger partial charge in [0, 0.05) is 19.3 Å². The van der Waals surface area contributed by atoms with E-state index in [1.165, 1.54) is 89.9 Å². The second-order valence-electron chi connectivity index (χ2n) is 15.4. The van der Waals surface area contributed by atoms with Crippen LogP contribution in [0.1, 0.15) is 201 Å². The molecule has 0 aromatic heterocycles. The molecule has 334 valence electrons. The molecule has 0 N–H and O–H groups in total. The molecule has 1 unspecified atom stereocenters. The molecule has 0 heterocycles. The van der Waals surface area contributed by atoms with Crippen molar-refractivity contribution in [1.82, 2.24) is 0 Å². The van der Waals surface area contributed by atoms with Gasteiger partial charge in [-0.2, -0.15) is 0 Å². The van der Waals surface area contributed by atoms with Crippen molar-refractivity contribution in [2.75, 3.05) is 13.2 Å². The summed E-state index contributed by atoms with van der Waals surface area (Å²) in [4.78, 5) is 37.7. The molecule has 0 rings (SSSR count). The maximum absolute atomic E-state index is 12.7. The summed E-state index contributed by atoms with van der Waals surface area (Å²) in [5.41, 5.74) is 0. The third-order valence-corrected chi connectivity index (χ3v) is 9.71. The van der Waals surface area contributed by atoms with E-state index in [2.05, 4.69) is 63.3 Å². The van der Waals surface area contributed by atoms with E-state index in [0.29, 0.717) is 19.3 Å². The quantitative estimate of drug-likeness (QED) is 0.0201. The molecule has 6 heteroatoms. The monoisotopic (exact) mass is 819 g/mol. The van der Waals surface area contributed by atoms with Gasteiger partial charge in [0.1, 0.15) is 13.2 Å². The zero-order valence-corrected chi connectivity index (χ0v) is 38.0. The van der Waals surface area contributed by atoms with Crippen molar-refractivity contribution in [3.05, 3.63) is 97.2 Å². The van der Waals surface area contributed by atoms with Crippen molar-refractivity contribution in [3.8, 4) is 0 Å². The minimum atomic E-state index is -0.832. The van der Waals surface area contributed by atoms with Crippen LogP contribution in [-0.2, 0) is 28.6 Å². The number of esters is 3. The van der Waals surface area contributed by atoms with Crippen LogP contribution in [-0.4, -0.2) is 37.2 Å². The summed E-state index contributed by atoms with van der Waals surface area (Å²) in [6.07, 6.45) is 61.3. The summed E-state index contributed by atoms with van der Waals surface area (Å²) in [7, 11) is 0. The van der Waals surface area contributed by atoms with Crippen LogP contribution in [0.25, 0.3) is 0 Å². The fraction of sp³-hybridized carbons (Fsp3) is 0.642. The molecule has 0 bridgehead atoms. The Morgan fingerprint density at radius 2 is 0.746 bits per heavy atom.